The van der Waals surface area contributed by atoms with Gasteiger partial charge >= 0.3 is 0 Å². The molecule has 136 valence electrons. The molecule has 0 N–H and O–H groups in total. The van der Waals surface area contributed by atoms with E-state index in [0.29, 0.717) is 6.04 Å². The van der Waals surface area contributed by atoms with E-state index in [4.69, 9.17) is 0 Å². The zero-order valence-corrected chi connectivity index (χ0v) is 16.3. The Bertz CT molecular complexity index is 576. The van der Waals surface area contributed by atoms with E-state index in [1.807, 2.05) is 0 Å². The summed E-state index contributed by atoms with van der Waals surface area (Å²) in [5, 5.41) is 0. The van der Waals surface area contributed by atoms with Crippen LogP contribution in [0.2, 0.25) is 0 Å². The van der Waals surface area contributed by atoms with Gasteiger partial charge in [0.05, 0.1) is 0 Å². The quantitative estimate of drug-likeness (QED) is 0.301. The Morgan fingerprint density at radius 2 is 1.44 bits per heavy atom. The van der Waals surface area contributed by atoms with Crippen molar-refractivity contribution in [2.45, 2.75) is 84.1 Å². The maximum Gasteiger partial charge on any atom is 0.183 e. The fraction of sp³-hybridized carbons (Fsp3) is 0.542. The van der Waals surface area contributed by atoms with E-state index in [1.165, 1.54) is 68.9 Å². The van der Waals surface area contributed by atoms with Gasteiger partial charge in [-0.15, -0.1) is 0 Å². The van der Waals surface area contributed by atoms with Crippen LogP contribution in [0.1, 0.15) is 88.8 Å². The Morgan fingerprint density at radius 1 is 0.760 bits per heavy atom. The van der Waals surface area contributed by atoms with E-state index in [1.54, 1.807) is 0 Å². The van der Waals surface area contributed by atoms with Gasteiger partial charge in [-0.3, -0.25) is 0 Å². The Kier molecular flexibility index (Phi) is 9.33. The summed E-state index contributed by atoms with van der Waals surface area (Å²) in [6, 6.07) is 15.8. The third kappa shape index (κ3) is 7.02. The molecule has 25 heavy (non-hydrogen) atoms. The Hall–Kier alpha value is -1.63. The highest BCUT2D eigenvalue weighted by molar-refractivity contribution is 5.17. The van der Waals surface area contributed by atoms with E-state index in [9.17, 15) is 0 Å². The van der Waals surface area contributed by atoms with Crippen LogP contribution < -0.4 is 4.57 Å². The fourth-order valence-corrected chi connectivity index (χ4v) is 3.64. The first-order valence-electron chi connectivity index (χ1n) is 10.4. The van der Waals surface area contributed by atoms with Crippen molar-refractivity contribution < 1.29 is 4.57 Å². The van der Waals surface area contributed by atoms with Crippen LogP contribution in [-0.4, -0.2) is 0 Å². The molecule has 2 rings (SSSR count). The molecule has 0 spiro atoms. The van der Waals surface area contributed by atoms with Crippen molar-refractivity contribution in [3.8, 4) is 0 Å². The largest absolute Gasteiger partial charge is 0.198 e. The van der Waals surface area contributed by atoms with E-state index in [0.717, 1.165) is 6.42 Å². The van der Waals surface area contributed by atoms with Crippen molar-refractivity contribution in [1.29, 1.82) is 0 Å². The van der Waals surface area contributed by atoms with Crippen LogP contribution in [0.25, 0.3) is 0 Å². The molecule has 0 bridgehead atoms. The van der Waals surface area contributed by atoms with Gasteiger partial charge in [0.1, 0.15) is 0 Å². The molecule has 2 aromatic rings. The standard InChI is InChI=1S/C24H36N/c1-3-5-6-7-8-9-10-12-16-22-17-15-20-25(21-22)24(4-2)23-18-13-11-14-19-23/h11,13-15,17-21,24H,3-10,12,16H2,1-2H3/q+1. The average Bonchev–Trinajstić information content (AvgIpc) is 2.66. The van der Waals surface area contributed by atoms with Gasteiger partial charge in [0.2, 0.25) is 0 Å². The van der Waals surface area contributed by atoms with Crippen molar-refractivity contribution >= 4 is 0 Å². The topological polar surface area (TPSA) is 3.88 Å². The summed E-state index contributed by atoms with van der Waals surface area (Å²) < 4.78 is 2.40. The van der Waals surface area contributed by atoms with Crippen LogP contribution in [0.4, 0.5) is 0 Å². The summed E-state index contributed by atoms with van der Waals surface area (Å²) in [7, 11) is 0. The number of benzene rings is 1. The average molecular weight is 339 g/mol. The van der Waals surface area contributed by atoms with Crippen LogP contribution in [0.5, 0.6) is 0 Å². The lowest BCUT2D eigenvalue weighted by Crippen LogP contribution is -2.39. The first-order valence-corrected chi connectivity index (χ1v) is 10.4. The van der Waals surface area contributed by atoms with Crippen LogP contribution in [0.3, 0.4) is 0 Å². The maximum absolute atomic E-state index is 2.40. The highest BCUT2D eigenvalue weighted by atomic mass is 15.0. The third-order valence-electron chi connectivity index (χ3n) is 5.13. The Balaban J connectivity index is 1.80. The summed E-state index contributed by atoms with van der Waals surface area (Å²) in [4.78, 5) is 0. The van der Waals surface area contributed by atoms with Gasteiger partial charge in [-0.2, -0.15) is 4.57 Å². The number of aryl methyl sites for hydroxylation is 1. The summed E-state index contributed by atoms with van der Waals surface area (Å²) >= 11 is 0. The number of pyridine rings is 1. The van der Waals surface area contributed by atoms with Gasteiger partial charge in [0.15, 0.2) is 18.4 Å². The molecule has 1 aromatic carbocycles. The van der Waals surface area contributed by atoms with E-state index >= 15 is 0 Å². The molecule has 0 fully saturated rings. The molecule has 0 aliphatic rings. The molecular formula is C24H36N+. The first kappa shape index (κ1) is 19.7. The van der Waals surface area contributed by atoms with Gasteiger partial charge in [0, 0.05) is 23.6 Å². The molecule has 1 aromatic heterocycles. The highest BCUT2D eigenvalue weighted by Gasteiger charge is 2.18. The minimum atomic E-state index is 0.444. The second-order valence-corrected chi connectivity index (χ2v) is 7.22. The van der Waals surface area contributed by atoms with Crippen LogP contribution in [0, 0.1) is 0 Å². The lowest BCUT2D eigenvalue weighted by molar-refractivity contribution is -0.714. The molecule has 0 saturated carbocycles. The lowest BCUT2D eigenvalue weighted by atomic mass is 10.0. The minimum Gasteiger partial charge on any atom is -0.198 e. The van der Waals surface area contributed by atoms with Gasteiger partial charge in [-0.25, -0.2) is 0 Å². The smallest absolute Gasteiger partial charge is 0.183 e. The minimum absolute atomic E-state index is 0.444. The summed E-state index contributed by atoms with van der Waals surface area (Å²) in [5.74, 6) is 0. The van der Waals surface area contributed by atoms with Crippen molar-refractivity contribution in [2.24, 2.45) is 0 Å². The zero-order chi connectivity index (χ0) is 17.7. The molecule has 1 unspecified atom stereocenters. The Morgan fingerprint density at radius 3 is 2.12 bits per heavy atom. The van der Waals surface area contributed by atoms with E-state index in [-0.39, 0.29) is 0 Å². The van der Waals surface area contributed by atoms with E-state index < -0.39 is 0 Å². The number of hydrogen-bond acceptors (Lipinski definition) is 0. The fourth-order valence-electron chi connectivity index (χ4n) is 3.64. The normalized spacial score (nSPS) is 12.2. The van der Waals surface area contributed by atoms with Crippen molar-refractivity contribution in [3.05, 3.63) is 66.0 Å². The number of unbranched alkanes of at least 4 members (excludes halogenated alkanes) is 7. The van der Waals surface area contributed by atoms with Crippen molar-refractivity contribution in [1.82, 2.24) is 0 Å². The summed E-state index contributed by atoms with van der Waals surface area (Å²) in [6.07, 6.45) is 18.0. The predicted molar refractivity (Wildman–Crippen MR) is 108 cm³/mol. The summed E-state index contributed by atoms with van der Waals surface area (Å²) in [5.41, 5.74) is 2.88. The lowest BCUT2D eigenvalue weighted by Gasteiger charge is -2.11. The predicted octanol–water partition coefficient (Wildman–Crippen LogP) is 6.66. The van der Waals surface area contributed by atoms with Crippen LogP contribution in [0.15, 0.2) is 54.9 Å². The second-order valence-electron chi connectivity index (χ2n) is 7.22. The monoisotopic (exact) mass is 338 g/mol. The molecule has 0 aliphatic heterocycles. The second kappa shape index (κ2) is 11.8. The van der Waals surface area contributed by atoms with Crippen LogP contribution in [-0.2, 0) is 6.42 Å². The van der Waals surface area contributed by atoms with Crippen molar-refractivity contribution in [2.75, 3.05) is 0 Å². The zero-order valence-electron chi connectivity index (χ0n) is 16.3. The SMILES string of the molecule is CCCCCCCCCCc1ccc[n+](C(CC)c2ccccc2)c1. The molecule has 1 nitrogen and oxygen atoms in total. The molecular weight excluding hydrogens is 302 g/mol. The van der Waals surface area contributed by atoms with Gasteiger partial charge in [0.25, 0.3) is 0 Å². The molecule has 0 saturated heterocycles. The highest BCUT2D eigenvalue weighted by Crippen LogP contribution is 2.16. The Labute approximate surface area is 155 Å². The van der Waals surface area contributed by atoms with E-state index in [2.05, 4.69) is 73.3 Å². The molecule has 1 atom stereocenters. The number of aromatic nitrogens is 1. The van der Waals surface area contributed by atoms with Gasteiger partial charge in [-0.1, -0.05) is 89.1 Å². The number of rotatable bonds is 12. The summed E-state index contributed by atoms with van der Waals surface area (Å²) in [6.45, 7) is 4.56. The third-order valence-corrected chi connectivity index (χ3v) is 5.13. The molecule has 0 radical (unpaired) electrons. The van der Waals surface area contributed by atoms with Crippen molar-refractivity contribution in [3.63, 3.8) is 0 Å². The number of hydrogen-bond donors (Lipinski definition) is 0. The van der Waals surface area contributed by atoms with Gasteiger partial charge < -0.3 is 0 Å². The molecule has 1 heteroatoms. The molecule has 1 heterocycles. The first-order chi connectivity index (χ1) is 12.3. The molecule has 0 aliphatic carbocycles. The van der Waals surface area contributed by atoms with Crippen LogP contribution >= 0.6 is 0 Å². The number of nitrogens with zero attached hydrogens (tertiary/aromatic N) is 1. The van der Waals surface area contributed by atoms with Gasteiger partial charge in [-0.05, 0) is 18.9 Å². The maximum atomic E-state index is 2.40. The molecule has 0 amide bonds.